The fraction of sp³-hybridized carbons (Fsp3) is 0.529. The van der Waals surface area contributed by atoms with Crippen molar-refractivity contribution in [2.24, 2.45) is 5.73 Å². The Kier molecular flexibility index (Phi) is 3.57. The van der Waals surface area contributed by atoms with Gasteiger partial charge in [-0.2, -0.15) is 4.98 Å². The van der Waals surface area contributed by atoms with E-state index in [1.54, 1.807) is 0 Å². The zero-order valence-corrected chi connectivity index (χ0v) is 12.8. The Morgan fingerprint density at radius 2 is 1.76 bits per heavy atom. The summed E-state index contributed by atoms with van der Waals surface area (Å²) in [4.78, 5) is 4.65. The summed E-state index contributed by atoms with van der Waals surface area (Å²) < 4.78 is 5.44. The Hall–Kier alpha value is -1.68. The number of nitrogens with two attached hydrogens (primary N) is 1. The first-order valence-electron chi connectivity index (χ1n) is 7.71. The van der Waals surface area contributed by atoms with Gasteiger partial charge in [0.15, 0.2) is 5.82 Å². The van der Waals surface area contributed by atoms with Crippen molar-refractivity contribution in [1.82, 2.24) is 10.1 Å². The van der Waals surface area contributed by atoms with Crippen molar-refractivity contribution >= 4 is 0 Å². The third-order valence-corrected chi connectivity index (χ3v) is 4.44. The van der Waals surface area contributed by atoms with Crippen LogP contribution in [0.2, 0.25) is 0 Å². The number of nitrogens with zero attached hydrogens (tertiary/aromatic N) is 2. The van der Waals surface area contributed by atoms with Crippen molar-refractivity contribution in [1.29, 1.82) is 0 Å². The van der Waals surface area contributed by atoms with Gasteiger partial charge >= 0.3 is 0 Å². The lowest BCUT2D eigenvalue weighted by Crippen LogP contribution is -2.33. The average molecular weight is 285 g/mol. The second-order valence-corrected chi connectivity index (χ2v) is 6.65. The Morgan fingerprint density at radius 1 is 1.10 bits per heavy atom. The molecule has 0 atom stereocenters. The van der Waals surface area contributed by atoms with Crippen LogP contribution in [0.4, 0.5) is 0 Å². The van der Waals surface area contributed by atoms with Crippen LogP contribution in [0.25, 0.3) is 0 Å². The quantitative estimate of drug-likeness (QED) is 0.937. The summed E-state index contributed by atoms with van der Waals surface area (Å²) in [6.07, 6.45) is 5.82. The second kappa shape index (κ2) is 5.26. The molecule has 0 spiro atoms. The molecule has 1 saturated carbocycles. The molecule has 0 aliphatic heterocycles. The first kappa shape index (κ1) is 14.3. The molecule has 0 bridgehead atoms. The Morgan fingerprint density at radius 3 is 2.33 bits per heavy atom. The molecule has 21 heavy (non-hydrogen) atoms. The van der Waals surface area contributed by atoms with Crippen LogP contribution in [0.1, 0.15) is 63.2 Å². The fourth-order valence-corrected chi connectivity index (χ4v) is 3.23. The topological polar surface area (TPSA) is 64.9 Å². The highest BCUT2D eigenvalue weighted by Gasteiger charge is 2.40. The number of hydrogen-bond donors (Lipinski definition) is 1. The van der Waals surface area contributed by atoms with Gasteiger partial charge in [0.1, 0.15) is 0 Å². The lowest BCUT2D eigenvalue weighted by molar-refractivity contribution is 0.291. The zero-order valence-electron chi connectivity index (χ0n) is 12.8. The van der Waals surface area contributed by atoms with E-state index < -0.39 is 5.54 Å². The normalized spacial score (nSPS) is 18.6. The van der Waals surface area contributed by atoms with Crippen molar-refractivity contribution in [3.8, 4) is 0 Å². The van der Waals surface area contributed by atoms with Crippen LogP contribution in [0.3, 0.4) is 0 Å². The van der Waals surface area contributed by atoms with E-state index in [0.717, 1.165) is 18.7 Å². The molecule has 0 amide bonds. The van der Waals surface area contributed by atoms with Crippen LogP contribution < -0.4 is 5.73 Å². The van der Waals surface area contributed by atoms with Crippen LogP contribution in [0, 0.1) is 0 Å². The van der Waals surface area contributed by atoms with E-state index in [9.17, 15) is 0 Å². The molecule has 1 aromatic carbocycles. The molecule has 1 heterocycles. The molecule has 112 valence electrons. The summed E-state index contributed by atoms with van der Waals surface area (Å²) in [7, 11) is 0. The van der Waals surface area contributed by atoms with E-state index in [1.807, 2.05) is 19.9 Å². The molecule has 3 rings (SSSR count). The molecule has 1 aliphatic rings. The predicted molar refractivity (Wildman–Crippen MR) is 81.8 cm³/mol. The monoisotopic (exact) mass is 285 g/mol. The van der Waals surface area contributed by atoms with Gasteiger partial charge in [-0.1, -0.05) is 54.8 Å². The minimum atomic E-state index is -0.599. The van der Waals surface area contributed by atoms with Gasteiger partial charge in [0.25, 0.3) is 0 Å². The zero-order chi connectivity index (χ0) is 14.9. The van der Waals surface area contributed by atoms with Crippen LogP contribution in [-0.4, -0.2) is 10.1 Å². The lowest BCUT2D eigenvalue weighted by atomic mass is 9.69. The lowest BCUT2D eigenvalue weighted by Gasteiger charge is -2.35. The van der Waals surface area contributed by atoms with Gasteiger partial charge in [-0.15, -0.1) is 0 Å². The smallest absolute Gasteiger partial charge is 0.246 e. The number of rotatable bonds is 3. The molecular weight excluding hydrogens is 262 g/mol. The molecule has 2 aromatic rings. The minimum Gasteiger partial charge on any atom is -0.337 e. The first-order valence-corrected chi connectivity index (χ1v) is 7.71. The van der Waals surface area contributed by atoms with E-state index in [1.165, 1.54) is 24.8 Å². The Labute approximate surface area is 125 Å². The molecule has 4 heteroatoms. The molecule has 0 radical (unpaired) electrons. The summed E-state index contributed by atoms with van der Waals surface area (Å²) >= 11 is 0. The van der Waals surface area contributed by atoms with Crippen molar-refractivity contribution in [2.45, 2.75) is 56.9 Å². The van der Waals surface area contributed by atoms with E-state index in [0.29, 0.717) is 5.89 Å². The highest BCUT2D eigenvalue weighted by Crippen LogP contribution is 2.43. The van der Waals surface area contributed by atoms with E-state index in [2.05, 4.69) is 34.4 Å². The maximum absolute atomic E-state index is 6.09. The van der Waals surface area contributed by atoms with E-state index in [-0.39, 0.29) is 5.41 Å². The van der Waals surface area contributed by atoms with Gasteiger partial charge in [0.05, 0.1) is 11.0 Å². The minimum absolute atomic E-state index is 0.119. The molecule has 1 fully saturated rings. The van der Waals surface area contributed by atoms with Crippen molar-refractivity contribution < 1.29 is 4.52 Å². The highest BCUT2D eigenvalue weighted by atomic mass is 16.5. The van der Waals surface area contributed by atoms with Crippen molar-refractivity contribution in [3.63, 3.8) is 0 Å². The second-order valence-electron chi connectivity index (χ2n) is 6.65. The largest absolute Gasteiger partial charge is 0.337 e. The summed E-state index contributed by atoms with van der Waals surface area (Å²) in [5.41, 5.74) is 6.65. The molecule has 1 aliphatic carbocycles. The van der Waals surface area contributed by atoms with Gasteiger partial charge in [0, 0.05) is 0 Å². The van der Waals surface area contributed by atoms with Crippen LogP contribution in [0.15, 0.2) is 34.9 Å². The number of aromatic nitrogens is 2. The van der Waals surface area contributed by atoms with Crippen molar-refractivity contribution in [3.05, 3.63) is 47.6 Å². The molecule has 1 aromatic heterocycles. The third kappa shape index (κ3) is 2.60. The van der Waals surface area contributed by atoms with Crippen LogP contribution in [-0.2, 0) is 11.0 Å². The molecule has 0 saturated heterocycles. The summed E-state index contributed by atoms with van der Waals surface area (Å²) in [6, 6.07) is 10.6. The Bertz CT molecular complexity index is 592. The maximum atomic E-state index is 6.09. The van der Waals surface area contributed by atoms with Crippen LogP contribution in [0.5, 0.6) is 0 Å². The maximum Gasteiger partial charge on any atom is 0.246 e. The number of benzene rings is 1. The van der Waals surface area contributed by atoms with E-state index in [4.69, 9.17) is 10.3 Å². The SMILES string of the molecule is CC(C)(N)c1nc(C2(c3ccccc3)CCCCC2)no1. The Balaban J connectivity index is 2.06. The summed E-state index contributed by atoms with van der Waals surface area (Å²) in [6.45, 7) is 3.78. The molecule has 0 unspecified atom stereocenters. The average Bonchev–Trinajstić information content (AvgIpc) is 2.99. The molecule has 4 nitrogen and oxygen atoms in total. The highest BCUT2D eigenvalue weighted by molar-refractivity contribution is 5.33. The standard InChI is InChI=1S/C17H23N3O/c1-16(2,18)15-19-14(20-21-15)17(11-7-4-8-12-17)13-9-5-3-6-10-13/h3,5-6,9-10H,4,7-8,11-12,18H2,1-2H3. The van der Waals surface area contributed by atoms with Gasteiger partial charge in [-0.3, -0.25) is 0 Å². The summed E-state index contributed by atoms with van der Waals surface area (Å²) in [5, 5.41) is 4.29. The molecule has 2 N–H and O–H groups in total. The first-order chi connectivity index (χ1) is 10.0. The summed E-state index contributed by atoms with van der Waals surface area (Å²) in [5.74, 6) is 1.31. The van der Waals surface area contributed by atoms with Gasteiger partial charge in [-0.05, 0) is 32.3 Å². The van der Waals surface area contributed by atoms with Gasteiger partial charge in [-0.25, -0.2) is 0 Å². The van der Waals surface area contributed by atoms with Gasteiger partial charge in [0.2, 0.25) is 5.89 Å². The van der Waals surface area contributed by atoms with Crippen LogP contribution >= 0.6 is 0 Å². The number of hydrogen-bond acceptors (Lipinski definition) is 4. The van der Waals surface area contributed by atoms with E-state index >= 15 is 0 Å². The molecular formula is C17H23N3O. The third-order valence-electron chi connectivity index (χ3n) is 4.44. The van der Waals surface area contributed by atoms with Gasteiger partial charge < -0.3 is 10.3 Å². The van der Waals surface area contributed by atoms with Crippen molar-refractivity contribution in [2.75, 3.05) is 0 Å². The predicted octanol–water partition coefficient (Wildman–Crippen LogP) is 3.51. The fourth-order valence-electron chi connectivity index (χ4n) is 3.23.